The van der Waals surface area contributed by atoms with Crippen molar-refractivity contribution in [3.05, 3.63) is 77.6 Å². The maximum Gasteiger partial charge on any atom is 0.274 e. The third-order valence-electron chi connectivity index (χ3n) is 5.28. The van der Waals surface area contributed by atoms with E-state index in [-0.39, 0.29) is 17.4 Å². The first-order valence-electron chi connectivity index (χ1n) is 9.95. The molecule has 3 aromatic rings. The minimum Gasteiger partial charge on any atom is -0.320 e. The van der Waals surface area contributed by atoms with Crippen molar-refractivity contribution in [2.45, 2.75) is 45.6 Å². The van der Waals surface area contributed by atoms with E-state index in [0.29, 0.717) is 11.6 Å². The van der Waals surface area contributed by atoms with E-state index in [1.807, 2.05) is 36.4 Å². The Balaban J connectivity index is 1.63. The molecule has 0 bridgehead atoms. The molecule has 1 N–H and O–H groups in total. The molecule has 2 aromatic carbocycles. The smallest absolute Gasteiger partial charge is 0.274 e. The standard InChI is InChI=1S/C24H26N4O/c1-16-15-17-9-5-8-12-21(17)28(16)23-25-14-13-20(27-23)22(29)26-19-11-7-6-10-18(19)24(2,3)4/h5-14,16H,15H2,1-4H3,(H,26,29). The van der Waals surface area contributed by atoms with Crippen LogP contribution >= 0.6 is 0 Å². The van der Waals surface area contributed by atoms with Gasteiger partial charge in [0.15, 0.2) is 0 Å². The van der Waals surface area contributed by atoms with Gasteiger partial charge in [-0.3, -0.25) is 4.79 Å². The van der Waals surface area contributed by atoms with Crippen molar-refractivity contribution in [1.29, 1.82) is 0 Å². The molecule has 2 heterocycles. The Morgan fingerprint density at radius 2 is 1.79 bits per heavy atom. The van der Waals surface area contributed by atoms with Gasteiger partial charge >= 0.3 is 0 Å². The van der Waals surface area contributed by atoms with Gasteiger partial charge in [-0.05, 0) is 48.1 Å². The van der Waals surface area contributed by atoms with Crippen molar-refractivity contribution < 1.29 is 4.79 Å². The number of nitrogens with zero attached hydrogens (tertiary/aromatic N) is 3. The zero-order valence-corrected chi connectivity index (χ0v) is 17.3. The van der Waals surface area contributed by atoms with Crippen LogP contribution in [0.2, 0.25) is 0 Å². The highest BCUT2D eigenvalue weighted by atomic mass is 16.1. The Kier molecular flexibility index (Phi) is 4.82. The average Bonchev–Trinajstić information content (AvgIpc) is 3.03. The number of benzene rings is 2. The molecular formula is C24H26N4O. The molecule has 4 rings (SSSR count). The first kappa shape index (κ1) is 19.1. The summed E-state index contributed by atoms with van der Waals surface area (Å²) in [5, 5.41) is 3.03. The lowest BCUT2D eigenvalue weighted by atomic mass is 9.86. The second-order valence-corrected chi connectivity index (χ2v) is 8.54. The van der Waals surface area contributed by atoms with Crippen LogP contribution < -0.4 is 10.2 Å². The van der Waals surface area contributed by atoms with Crippen LogP contribution in [0.1, 0.15) is 49.3 Å². The maximum absolute atomic E-state index is 13.0. The summed E-state index contributed by atoms with van der Waals surface area (Å²) in [7, 11) is 0. The molecule has 1 aliphatic heterocycles. The SMILES string of the molecule is CC1Cc2ccccc2N1c1nccc(C(=O)Nc2ccccc2C(C)(C)C)n1. The molecule has 0 aliphatic carbocycles. The van der Waals surface area contributed by atoms with Gasteiger partial charge in [-0.25, -0.2) is 9.97 Å². The Morgan fingerprint density at radius 3 is 2.59 bits per heavy atom. The van der Waals surface area contributed by atoms with E-state index < -0.39 is 0 Å². The van der Waals surface area contributed by atoms with E-state index >= 15 is 0 Å². The number of para-hydroxylation sites is 2. The Labute approximate surface area is 171 Å². The average molecular weight is 386 g/mol. The maximum atomic E-state index is 13.0. The number of anilines is 3. The number of carbonyl (C=O) groups excluding carboxylic acids is 1. The van der Waals surface area contributed by atoms with Gasteiger partial charge in [0.2, 0.25) is 5.95 Å². The van der Waals surface area contributed by atoms with Gasteiger partial charge in [-0.2, -0.15) is 0 Å². The van der Waals surface area contributed by atoms with Crippen molar-refractivity contribution in [3.63, 3.8) is 0 Å². The lowest BCUT2D eigenvalue weighted by molar-refractivity contribution is 0.102. The fraction of sp³-hybridized carbons (Fsp3) is 0.292. The van der Waals surface area contributed by atoms with Crippen LogP contribution in [0.3, 0.4) is 0 Å². The van der Waals surface area contributed by atoms with Crippen molar-refractivity contribution in [2.24, 2.45) is 0 Å². The first-order valence-corrected chi connectivity index (χ1v) is 9.95. The van der Waals surface area contributed by atoms with E-state index in [9.17, 15) is 4.79 Å². The summed E-state index contributed by atoms with van der Waals surface area (Å²) in [6.07, 6.45) is 2.59. The number of fused-ring (bicyclic) bond motifs is 1. The molecule has 1 atom stereocenters. The summed E-state index contributed by atoms with van der Waals surface area (Å²) in [4.78, 5) is 24.1. The summed E-state index contributed by atoms with van der Waals surface area (Å²) < 4.78 is 0. The molecule has 1 aliphatic rings. The topological polar surface area (TPSA) is 58.1 Å². The monoisotopic (exact) mass is 386 g/mol. The van der Waals surface area contributed by atoms with Crippen LogP contribution in [0.25, 0.3) is 0 Å². The Bertz CT molecular complexity index is 1050. The van der Waals surface area contributed by atoms with Gasteiger partial charge in [0, 0.05) is 23.6 Å². The van der Waals surface area contributed by atoms with Crippen molar-refractivity contribution in [2.75, 3.05) is 10.2 Å². The predicted molar refractivity (Wildman–Crippen MR) is 117 cm³/mol. The highest BCUT2D eigenvalue weighted by molar-refractivity contribution is 6.03. The van der Waals surface area contributed by atoms with Crippen LogP contribution in [0.5, 0.6) is 0 Å². The number of aromatic nitrogens is 2. The van der Waals surface area contributed by atoms with Gasteiger partial charge in [0.05, 0.1) is 0 Å². The van der Waals surface area contributed by atoms with Gasteiger partial charge in [0.1, 0.15) is 5.69 Å². The summed E-state index contributed by atoms with van der Waals surface area (Å²) in [6, 6.07) is 18.1. The Morgan fingerprint density at radius 1 is 1.07 bits per heavy atom. The van der Waals surface area contributed by atoms with Gasteiger partial charge < -0.3 is 10.2 Å². The summed E-state index contributed by atoms with van der Waals surface area (Å²) in [6.45, 7) is 8.54. The lowest BCUT2D eigenvalue weighted by Gasteiger charge is -2.24. The molecule has 1 amide bonds. The molecule has 0 spiro atoms. The molecule has 5 nitrogen and oxygen atoms in total. The third-order valence-corrected chi connectivity index (χ3v) is 5.28. The Hall–Kier alpha value is -3.21. The number of carbonyl (C=O) groups is 1. The van der Waals surface area contributed by atoms with E-state index in [1.54, 1.807) is 12.3 Å². The summed E-state index contributed by atoms with van der Waals surface area (Å²) in [5.74, 6) is 0.324. The number of hydrogen-bond donors (Lipinski definition) is 1. The van der Waals surface area contributed by atoms with Crippen molar-refractivity contribution >= 4 is 23.2 Å². The van der Waals surface area contributed by atoms with Crippen LogP contribution in [-0.4, -0.2) is 21.9 Å². The number of nitrogens with one attached hydrogen (secondary N) is 1. The van der Waals surface area contributed by atoms with E-state index in [1.165, 1.54) is 5.56 Å². The normalized spacial score (nSPS) is 15.9. The quantitative estimate of drug-likeness (QED) is 0.680. The van der Waals surface area contributed by atoms with Gasteiger partial charge in [-0.1, -0.05) is 57.2 Å². The highest BCUT2D eigenvalue weighted by Crippen LogP contribution is 2.36. The number of hydrogen-bond acceptors (Lipinski definition) is 4. The molecule has 0 saturated heterocycles. The van der Waals surface area contributed by atoms with E-state index in [0.717, 1.165) is 23.4 Å². The molecular weight excluding hydrogens is 360 g/mol. The fourth-order valence-electron chi connectivity index (χ4n) is 3.89. The van der Waals surface area contributed by atoms with Crippen LogP contribution in [0.15, 0.2) is 60.8 Å². The number of amides is 1. The minimum absolute atomic E-state index is 0.0740. The summed E-state index contributed by atoms with van der Waals surface area (Å²) in [5.41, 5.74) is 4.56. The summed E-state index contributed by atoms with van der Waals surface area (Å²) >= 11 is 0. The van der Waals surface area contributed by atoms with Gasteiger partial charge in [-0.15, -0.1) is 0 Å². The number of rotatable bonds is 3. The zero-order chi connectivity index (χ0) is 20.6. The van der Waals surface area contributed by atoms with Crippen LogP contribution in [0.4, 0.5) is 17.3 Å². The van der Waals surface area contributed by atoms with Crippen LogP contribution in [0, 0.1) is 0 Å². The molecule has 1 aromatic heterocycles. The zero-order valence-electron chi connectivity index (χ0n) is 17.3. The van der Waals surface area contributed by atoms with Crippen LogP contribution in [-0.2, 0) is 11.8 Å². The third kappa shape index (κ3) is 3.73. The molecule has 1 unspecified atom stereocenters. The molecule has 148 valence electrons. The first-order chi connectivity index (χ1) is 13.8. The molecule has 0 fully saturated rings. The van der Waals surface area contributed by atoms with E-state index in [2.05, 4.69) is 60.0 Å². The largest absolute Gasteiger partial charge is 0.320 e. The molecule has 0 radical (unpaired) electrons. The minimum atomic E-state index is -0.231. The highest BCUT2D eigenvalue weighted by Gasteiger charge is 2.29. The second kappa shape index (κ2) is 7.32. The molecule has 29 heavy (non-hydrogen) atoms. The molecule has 5 heteroatoms. The predicted octanol–water partition coefficient (Wildman–Crippen LogP) is 5.11. The fourth-order valence-corrected chi connectivity index (χ4v) is 3.89. The second-order valence-electron chi connectivity index (χ2n) is 8.54. The molecule has 0 saturated carbocycles. The van der Waals surface area contributed by atoms with Gasteiger partial charge in [0.25, 0.3) is 5.91 Å². The van der Waals surface area contributed by atoms with E-state index in [4.69, 9.17) is 0 Å². The van der Waals surface area contributed by atoms with Crippen molar-refractivity contribution in [1.82, 2.24) is 9.97 Å². The van der Waals surface area contributed by atoms with Crippen molar-refractivity contribution in [3.8, 4) is 0 Å². The lowest BCUT2D eigenvalue weighted by Crippen LogP contribution is -2.27.